The van der Waals surface area contributed by atoms with E-state index in [1.54, 1.807) is 12.3 Å². The number of hydrogen-bond donors (Lipinski definition) is 2. The molecule has 3 N–H and O–H groups in total. The summed E-state index contributed by atoms with van der Waals surface area (Å²) in [7, 11) is 0. The first kappa shape index (κ1) is 13.6. The highest BCUT2D eigenvalue weighted by Crippen LogP contribution is 2.22. The Morgan fingerprint density at radius 3 is 2.88 bits per heavy atom. The van der Waals surface area contributed by atoms with Gasteiger partial charge in [0.25, 0.3) is 0 Å². The second-order valence-electron chi connectivity index (χ2n) is 3.89. The van der Waals surface area contributed by atoms with E-state index in [4.69, 9.17) is 28.9 Å². The lowest BCUT2D eigenvalue weighted by molar-refractivity contribution is 0.529. The summed E-state index contributed by atoms with van der Waals surface area (Å²) in [6.45, 7) is 3.73. The third kappa shape index (κ3) is 4.56. The van der Waals surface area contributed by atoms with E-state index in [0.717, 1.165) is 25.9 Å². The summed E-state index contributed by atoms with van der Waals surface area (Å²) in [4.78, 5) is 4.11. The Labute approximate surface area is 106 Å². The molecule has 1 aromatic rings. The molecule has 1 unspecified atom stereocenters. The molecule has 16 heavy (non-hydrogen) atoms. The second kappa shape index (κ2) is 6.94. The maximum Gasteiger partial charge on any atom is 0.144 e. The van der Waals surface area contributed by atoms with Gasteiger partial charge in [0, 0.05) is 12.7 Å². The molecule has 0 fully saturated rings. The predicted molar refractivity (Wildman–Crippen MR) is 70.2 cm³/mol. The van der Waals surface area contributed by atoms with Crippen molar-refractivity contribution in [3.05, 3.63) is 22.3 Å². The normalized spacial score (nSPS) is 12.5. The van der Waals surface area contributed by atoms with Crippen LogP contribution < -0.4 is 11.1 Å². The van der Waals surface area contributed by atoms with Crippen LogP contribution in [-0.4, -0.2) is 18.1 Å². The van der Waals surface area contributed by atoms with Gasteiger partial charge in [0.05, 0.1) is 10.0 Å². The third-order valence-corrected chi connectivity index (χ3v) is 2.87. The topological polar surface area (TPSA) is 50.9 Å². The number of halogens is 2. The van der Waals surface area contributed by atoms with Crippen LogP contribution in [0.15, 0.2) is 12.3 Å². The van der Waals surface area contributed by atoms with Gasteiger partial charge in [0.1, 0.15) is 5.82 Å². The number of pyridine rings is 1. The minimum Gasteiger partial charge on any atom is -0.369 e. The van der Waals surface area contributed by atoms with Crippen LogP contribution in [0.5, 0.6) is 0 Å². The first-order chi connectivity index (χ1) is 7.63. The second-order valence-corrected chi connectivity index (χ2v) is 4.74. The van der Waals surface area contributed by atoms with Crippen molar-refractivity contribution in [2.45, 2.75) is 19.8 Å². The Bertz CT molecular complexity index is 331. The summed E-state index contributed by atoms with van der Waals surface area (Å²) in [6, 6.07) is 1.68. The van der Waals surface area contributed by atoms with Crippen LogP contribution in [0.3, 0.4) is 0 Å². The number of aromatic nitrogens is 1. The molecule has 0 aromatic carbocycles. The molecule has 0 radical (unpaired) electrons. The van der Waals surface area contributed by atoms with Gasteiger partial charge in [-0.25, -0.2) is 4.98 Å². The van der Waals surface area contributed by atoms with E-state index in [0.29, 0.717) is 21.8 Å². The number of rotatable bonds is 6. The molecule has 0 amide bonds. The van der Waals surface area contributed by atoms with Gasteiger partial charge in [-0.05, 0) is 31.4 Å². The first-order valence-electron chi connectivity index (χ1n) is 5.38. The van der Waals surface area contributed by atoms with E-state index in [1.807, 2.05) is 0 Å². The molecule has 1 aromatic heterocycles. The molecule has 3 nitrogen and oxygen atoms in total. The molecule has 0 saturated carbocycles. The van der Waals surface area contributed by atoms with Crippen molar-refractivity contribution in [2.75, 3.05) is 18.4 Å². The lowest BCUT2D eigenvalue weighted by Crippen LogP contribution is -2.12. The molecular weight excluding hydrogens is 245 g/mol. The van der Waals surface area contributed by atoms with E-state index >= 15 is 0 Å². The molecule has 1 heterocycles. The predicted octanol–water partition coefficient (Wildman–Crippen LogP) is 3.18. The van der Waals surface area contributed by atoms with Crippen LogP contribution in [0.4, 0.5) is 5.82 Å². The zero-order valence-corrected chi connectivity index (χ0v) is 10.9. The minimum absolute atomic E-state index is 0.548. The summed E-state index contributed by atoms with van der Waals surface area (Å²) in [5.74, 6) is 1.25. The maximum atomic E-state index is 5.97. The fourth-order valence-corrected chi connectivity index (χ4v) is 1.77. The van der Waals surface area contributed by atoms with E-state index in [9.17, 15) is 0 Å². The highest BCUT2D eigenvalue weighted by Gasteiger charge is 2.03. The Morgan fingerprint density at radius 1 is 1.50 bits per heavy atom. The first-order valence-corrected chi connectivity index (χ1v) is 6.14. The van der Waals surface area contributed by atoms with Crippen LogP contribution in [0.25, 0.3) is 0 Å². The van der Waals surface area contributed by atoms with Crippen LogP contribution in [0, 0.1) is 5.92 Å². The average Bonchev–Trinajstić information content (AvgIpc) is 2.26. The van der Waals surface area contributed by atoms with Gasteiger partial charge in [0.2, 0.25) is 0 Å². The Morgan fingerprint density at radius 2 is 2.25 bits per heavy atom. The molecule has 0 spiro atoms. The fraction of sp³-hybridized carbons (Fsp3) is 0.545. The molecule has 0 aliphatic heterocycles. The summed E-state index contributed by atoms with van der Waals surface area (Å²) < 4.78 is 0. The molecule has 0 aliphatic carbocycles. The molecule has 5 heteroatoms. The smallest absolute Gasteiger partial charge is 0.144 e. The van der Waals surface area contributed by atoms with Gasteiger partial charge in [-0.2, -0.15) is 0 Å². The summed E-state index contributed by atoms with van der Waals surface area (Å²) in [6.07, 6.45) is 3.74. The summed E-state index contributed by atoms with van der Waals surface area (Å²) in [5.41, 5.74) is 5.54. The van der Waals surface area contributed by atoms with Crippen LogP contribution in [0.2, 0.25) is 10.0 Å². The maximum absolute atomic E-state index is 5.97. The van der Waals surface area contributed by atoms with Crippen molar-refractivity contribution in [3.63, 3.8) is 0 Å². The van der Waals surface area contributed by atoms with Gasteiger partial charge >= 0.3 is 0 Å². The number of nitrogens with two attached hydrogens (primary N) is 1. The Kier molecular flexibility index (Phi) is 5.88. The number of anilines is 1. The third-order valence-electron chi connectivity index (χ3n) is 2.38. The van der Waals surface area contributed by atoms with Crippen molar-refractivity contribution >= 4 is 29.0 Å². The van der Waals surface area contributed by atoms with Gasteiger partial charge in [-0.3, -0.25) is 0 Å². The Balaban J connectivity index is 2.32. The van der Waals surface area contributed by atoms with Crippen molar-refractivity contribution in [2.24, 2.45) is 11.7 Å². The molecule has 1 atom stereocenters. The highest BCUT2D eigenvalue weighted by atomic mass is 35.5. The quantitative estimate of drug-likeness (QED) is 0.774. The number of nitrogens with one attached hydrogen (secondary N) is 1. The molecule has 0 bridgehead atoms. The average molecular weight is 262 g/mol. The van der Waals surface area contributed by atoms with Gasteiger partial charge in [0.15, 0.2) is 0 Å². The number of nitrogens with zero attached hydrogens (tertiary/aromatic N) is 1. The summed E-state index contributed by atoms with van der Waals surface area (Å²) in [5, 5.41) is 4.28. The van der Waals surface area contributed by atoms with Crippen LogP contribution in [-0.2, 0) is 0 Å². The summed E-state index contributed by atoms with van der Waals surface area (Å²) >= 11 is 11.7. The van der Waals surface area contributed by atoms with Gasteiger partial charge in [-0.15, -0.1) is 0 Å². The lowest BCUT2D eigenvalue weighted by Gasteiger charge is -2.10. The largest absolute Gasteiger partial charge is 0.369 e. The van der Waals surface area contributed by atoms with E-state index in [1.165, 1.54) is 0 Å². The fourth-order valence-electron chi connectivity index (χ4n) is 1.32. The minimum atomic E-state index is 0.548. The van der Waals surface area contributed by atoms with E-state index in [-0.39, 0.29) is 0 Å². The zero-order valence-electron chi connectivity index (χ0n) is 9.34. The SMILES string of the molecule is CC(CN)CCCNc1ncc(Cl)cc1Cl. The van der Waals surface area contributed by atoms with Gasteiger partial charge < -0.3 is 11.1 Å². The standard InChI is InChI=1S/C11H17Cl2N3/c1-8(6-14)3-2-4-15-11-10(13)5-9(12)7-16-11/h5,7-8H,2-4,6,14H2,1H3,(H,15,16). The molecule has 1 rings (SSSR count). The van der Waals surface area contributed by atoms with Crippen molar-refractivity contribution in [1.29, 1.82) is 0 Å². The monoisotopic (exact) mass is 261 g/mol. The lowest BCUT2D eigenvalue weighted by atomic mass is 10.1. The number of hydrogen-bond acceptors (Lipinski definition) is 3. The molecular formula is C11H17Cl2N3. The zero-order chi connectivity index (χ0) is 12.0. The van der Waals surface area contributed by atoms with Crippen molar-refractivity contribution in [1.82, 2.24) is 4.98 Å². The Hall–Kier alpha value is -0.510. The molecule has 90 valence electrons. The van der Waals surface area contributed by atoms with Crippen LogP contribution in [0.1, 0.15) is 19.8 Å². The molecule has 0 saturated heterocycles. The van der Waals surface area contributed by atoms with Gasteiger partial charge in [-0.1, -0.05) is 30.1 Å². The highest BCUT2D eigenvalue weighted by molar-refractivity contribution is 6.35. The van der Waals surface area contributed by atoms with E-state index < -0.39 is 0 Å². The van der Waals surface area contributed by atoms with Crippen LogP contribution >= 0.6 is 23.2 Å². The van der Waals surface area contributed by atoms with E-state index in [2.05, 4.69) is 17.2 Å². The molecule has 0 aliphatic rings. The van der Waals surface area contributed by atoms with Crippen molar-refractivity contribution < 1.29 is 0 Å². The van der Waals surface area contributed by atoms with Crippen molar-refractivity contribution in [3.8, 4) is 0 Å².